The van der Waals surface area contributed by atoms with E-state index in [1.54, 1.807) is 12.1 Å². The third kappa shape index (κ3) is 3.18. The van der Waals surface area contributed by atoms with Gasteiger partial charge < -0.3 is 13.9 Å². The Balaban J connectivity index is 1.55. The van der Waals surface area contributed by atoms with Crippen LogP contribution in [0.3, 0.4) is 0 Å². The summed E-state index contributed by atoms with van der Waals surface area (Å²) < 4.78 is 37.5. The molecule has 3 heterocycles. The number of furan rings is 1. The fraction of sp³-hybridized carbons (Fsp3) is 0.294. The van der Waals surface area contributed by atoms with Crippen LogP contribution in [0.5, 0.6) is 0 Å². The molecule has 2 atom stereocenters. The highest BCUT2D eigenvalue weighted by Gasteiger charge is 2.33. The van der Waals surface area contributed by atoms with Crippen molar-refractivity contribution in [3.05, 3.63) is 59.7 Å². The van der Waals surface area contributed by atoms with Crippen LogP contribution in [0.4, 0.5) is 8.78 Å². The van der Waals surface area contributed by atoms with Crippen molar-refractivity contribution in [2.45, 2.75) is 25.1 Å². The topological polar surface area (TPSA) is 75.5 Å². The first-order chi connectivity index (χ1) is 12.1. The van der Waals surface area contributed by atoms with Gasteiger partial charge >= 0.3 is 0 Å². The predicted octanol–water partition coefficient (Wildman–Crippen LogP) is 2.92. The van der Waals surface area contributed by atoms with Crippen LogP contribution in [0.15, 0.2) is 45.4 Å². The number of rotatable bonds is 4. The standard InChI is InChI=1S/C17H15F2N3O3/c18-12-4-3-10(6-13(12)19)14-7-11(23)8-22(14)9-16-20-21-17(25-16)15-2-1-5-24-15/h1-6,11,14,23H,7-9H2. The first kappa shape index (κ1) is 15.9. The summed E-state index contributed by atoms with van der Waals surface area (Å²) in [6, 6.07) is 6.94. The van der Waals surface area contributed by atoms with Crippen molar-refractivity contribution in [2.75, 3.05) is 6.54 Å². The molecule has 1 aromatic carbocycles. The van der Waals surface area contributed by atoms with Crippen LogP contribution < -0.4 is 0 Å². The van der Waals surface area contributed by atoms with Gasteiger partial charge in [0.15, 0.2) is 17.4 Å². The van der Waals surface area contributed by atoms with E-state index in [0.29, 0.717) is 30.2 Å². The number of benzene rings is 1. The molecule has 1 aliphatic rings. The van der Waals surface area contributed by atoms with Crippen LogP contribution >= 0.6 is 0 Å². The molecule has 130 valence electrons. The van der Waals surface area contributed by atoms with E-state index in [-0.39, 0.29) is 18.5 Å². The molecule has 1 fully saturated rings. The maximum Gasteiger partial charge on any atom is 0.283 e. The van der Waals surface area contributed by atoms with E-state index < -0.39 is 17.7 Å². The summed E-state index contributed by atoms with van der Waals surface area (Å²) in [6.45, 7) is 0.663. The Morgan fingerprint density at radius 2 is 2.08 bits per heavy atom. The van der Waals surface area contributed by atoms with Crippen molar-refractivity contribution in [1.82, 2.24) is 15.1 Å². The molecule has 0 bridgehead atoms. The molecule has 8 heteroatoms. The smallest absolute Gasteiger partial charge is 0.283 e. The number of aromatic nitrogens is 2. The molecule has 2 unspecified atom stereocenters. The third-order valence-corrected chi connectivity index (χ3v) is 4.25. The fourth-order valence-electron chi connectivity index (χ4n) is 3.11. The maximum atomic E-state index is 13.5. The van der Waals surface area contributed by atoms with Gasteiger partial charge in [0.25, 0.3) is 5.89 Å². The number of aliphatic hydroxyl groups is 1. The lowest BCUT2D eigenvalue weighted by Gasteiger charge is -2.22. The van der Waals surface area contributed by atoms with Crippen molar-refractivity contribution < 1.29 is 22.7 Å². The largest absolute Gasteiger partial charge is 0.459 e. The quantitative estimate of drug-likeness (QED) is 0.782. The van der Waals surface area contributed by atoms with Crippen molar-refractivity contribution in [3.63, 3.8) is 0 Å². The zero-order chi connectivity index (χ0) is 17.4. The molecule has 1 N–H and O–H groups in total. The molecular weight excluding hydrogens is 332 g/mol. The van der Waals surface area contributed by atoms with Gasteiger partial charge in [-0.2, -0.15) is 0 Å². The summed E-state index contributed by atoms with van der Waals surface area (Å²) in [6.07, 6.45) is 1.37. The summed E-state index contributed by atoms with van der Waals surface area (Å²) in [7, 11) is 0. The number of hydrogen-bond donors (Lipinski definition) is 1. The summed E-state index contributed by atoms with van der Waals surface area (Å²) in [4.78, 5) is 1.90. The van der Waals surface area contributed by atoms with E-state index >= 15 is 0 Å². The minimum atomic E-state index is -0.906. The molecule has 4 rings (SSSR count). The van der Waals surface area contributed by atoms with Crippen LogP contribution in [-0.2, 0) is 6.54 Å². The number of hydrogen-bond acceptors (Lipinski definition) is 6. The van der Waals surface area contributed by atoms with Crippen molar-refractivity contribution in [2.24, 2.45) is 0 Å². The second-order valence-electron chi connectivity index (χ2n) is 5.99. The Morgan fingerprint density at radius 1 is 1.20 bits per heavy atom. The van der Waals surface area contributed by atoms with Gasteiger partial charge in [0.2, 0.25) is 5.89 Å². The van der Waals surface area contributed by atoms with Gasteiger partial charge in [0.1, 0.15) is 0 Å². The van der Waals surface area contributed by atoms with E-state index in [9.17, 15) is 13.9 Å². The first-order valence-electron chi connectivity index (χ1n) is 7.83. The summed E-state index contributed by atoms with van der Waals surface area (Å²) in [5.41, 5.74) is 0.598. The van der Waals surface area contributed by atoms with Crippen LogP contribution in [0.2, 0.25) is 0 Å². The molecule has 6 nitrogen and oxygen atoms in total. The van der Waals surface area contributed by atoms with Gasteiger partial charge in [-0.15, -0.1) is 10.2 Å². The predicted molar refractivity (Wildman–Crippen MR) is 82.1 cm³/mol. The van der Waals surface area contributed by atoms with Crippen molar-refractivity contribution in [3.8, 4) is 11.7 Å². The first-order valence-corrected chi connectivity index (χ1v) is 7.83. The summed E-state index contributed by atoms with van der Waals surface area (Å²) in [5.74, 6) is -0.708. The maximum absolute atomic E-state index is 13.5. The van der Waals surface area contributed by atoms with Gasteiger partial charge in [0.05, 0.1) is 18.9 Å². The van der Waals surface area contributed by atoms with Gasteiger partial charge in [-0.1, -0.05) is 6.07 Å². The molecule has 1 aliphatic heterocycles. The fourth-order valence-corrected chi connectivity index (χ4v) is 3.11. The van der Waals surface area contributed by atoms with E-state index in [0.717, 1.165) is 12.1 Å². The summed E-state index contributed by atoms with van der Waals surface area (Å²) >= 11 is 0. The van der Waals surface area contributed by atoms with Gasteiger partial charge in [-0.3, -0.25) is 4.90 Å². The van der Waals surface area contributed by atoms with Gasteiger partial charge in [-0.05, 0) is 36.2 Å². The van der Waals surface area contributed by atoms with E-state index in [1.807, 2.05) is 4.90 Å². The molecule has 3 aromatic rings. The lowest BCUT2D eigenvalue weighted by Crippen LogP contribution is -2.24. The summed E-state index contributed by atoms with van der Waals surface area (Å²) in [5, 5.41) is 17.9. The van der Waals surface area contributed by atoms with E-state index in [1.165, 1.54) is 12.3 Å². The Bertz CT molecular complexity index is 866. The highest BCUT2D eigenvalue weighted by atomic mass is 19.2. The Kier molecular flexibility index (Phi) is 4.06. The van der Waals surface area contributed by atoms with Crippen LogP contribution in [0, 0.1) is 11.6 Å². The lowest BCUT2D eigenvalue weighted by molar-refractivity contribution is 0.167. The SMILES string of the molecule is OC1CC(c2ccc(F)c(F)c2)N(Cc2nnc(-c3ccco3)o2)C1. The van der Waals surface area contributed by atoms with E-state index in [2.05, 4.69) is 10.2 Å². The molecule has 0 saturated carbocycles. The second kappa shape index (κ2) is 6.38. The third-order valence-electron chi connectivity index (χ3n) is 4.25. The normalized spacial score (nSPS) is 21.1. The number of likely N-dealkylation sites (tertiary alicyclic amines) is 1. The second-order valence-corrected chi connectivity index (χ2v) is 5.99. The highest BCUT2D eigenvalue weighted by Crippen LogP contribution is 2.34. The van der Waals surface area contributed by atoms with Crippen molar-refractivity contribution in [1.29, 1.82) is 0 Å². The van der Waals surface area contributed by atoms with Crippen LogP contribution in [0.25, 0.3) is 11.7 Å². The molecule has 1 saturated heterocycles. The van der Waals surface area contributed by atoms with E-state index in [4.69, 9.17) is 8.83 Å². The van der Waals surface area contributed by atoms with Crippen molar-refractivity contribution >= 4 is 0 Å². The number of aliphatic hydroxyl groups excluding tert-OH is 1. The Labute approximate surface area is 141 Å². The Morgan fingerprint density at radius 3 is 2.84 bits per heavy atom. The van der Waals surface area contributed by atoms with Crippen LogP contribution in [0.1, 0.15) is 23.9 Å². The average molecular weight is 347 g/mol. The van der Waals surface area contributed by atoms with Gasteiger partial charge in [0, 0.05) is 12.6 Å². The molecular formula is C17H15F2N3O3. The molecule has 0 spiro atoms. The molecule has 0 amide bonds. The number of nitrogens with zero attached hydrogens (tertiary/aromatic N) is 3. The number of β-amino-alcohol motifs (C(OH)–C–C–N with tert-alkyl or cyclic N) is 1. The molecule has 0 radical (unpaired) electrons. The highest BCUT2D eigenvalue weighted by molar-refractivity contribution is 5.42. The molecule has 2 aromatic heterocycles. The monoisotopic (exact) mass is 347 g/mol. The molecule has 0 aliphatic carbocycles. The Hall–Kier alpha value is -2.58. The average Bonchev–Trinajstić information content (AvgIpc) is 3.31. The van der Waals surface area contributed by atoms with Gasteiger partial charge in [-0.25, -0.2) is 8.78 Å². The zero-order valence-corrected chi connectivity index (χ0v) is 13.1. The minimum absolute atomic E-state index is 0.260. The number of halogens is 2. The zero-order valence-electron chi connectivity index (χ0n) is 13.1. The molecule has 25 heavy (non-hydrogen) atoms. The van der Waals surface area contributed by atoms with Crippen LogP contribution in [-0.4, -0.2) is 32.9 Å². The lowest BCUT2D eigenvalue weighted by atomic mass is 10.0. The minimum Gasteiger partial charge on any atom is -0.459 e.